The zero-order valence-corrected chi connectivity index (χ0v) is 18.2. The lowest BCUT2D eigenvalue weighted by Crippen LogP contribution is -2.33. The van der Waals surface area contributed by atoms with Gasteiger partial charge in [0.05, 0.1) is 5.56 Å². The van der Waals surface area contributed by atoms with Gasteiger partial charge in [0.15, 0.2) is 6.61 Å². The largest absolute Gasteiger partial charge is 0.484 e. The molecule has 0 spiro atoms. The Kier molecular flexibility index (Phi) is 7.57. The Morgan fingerprint density at radius 1 is 1.13 bits per heavy atom. The second-order valence-electron chi connectivity index (χ2n) is 7.50. The number of carbonyl (C=O) groups excluding carboxylic acids is 2. The Bertz CT molecular complexity index is 880. The second-order valence-corrected chi connectivity index (χ2v) is 7.94. The summed E-state index contributed by atoms with van der Waals surface area (Å²) in [6.45, 7) is 5.75. The normalized spacial score (nSPS) is 14.3. The fourth-order valence-electron chi connectivity index (χ4n) is 3.31. The van der Waals surface area contributed by atoms with E-state index in [0.29, 0.717) is 22.0 Å². The second kappa shape index (κ2) is 10.3. The predicted molar refractivity (Wildman–Crippen MR) is 121 cm³/mol. The lowest BCUT2D eigenvalue weighted by Gasteiger charge is -2.23. The van der Waals surface area contributed by atoms with E-state index in [0.717, 1.165) is 38.0 Å². The summed E-state index contributed by atoms with van der Waals surface area (Å²) in [6, 6.07) is 12.4. The first-order chi connectivity index (χ1) is 14.5. The van der Waals surface area contributed by atoms with E-state index in [1.807, 2.05) is 26.0 Å². The zero-order valence-electron chi connectivity index (χ0n) is 17.4. The van der Waals surface area contributed by atoms with Crippen molar-refractivity contribution in [2.24, 2.45) is 0 Å². The number of anilines is 2. The standard InChI is InChI=1S/C23H28ClN3O3/c1-3-16(2)25-23(29)20-14-18(8-11-21(20)27-12-4-5-13-27)26-22(28)15-30-19-9-6-17(24)7-10-19/h6-11,14,16H,3-5,12-13,15H2,1-2H3,(H,25,29)(H,26,28). The first-order valence-electron chi connectivity index (χ1n) is 10.3. The maximum absolute atomic E-state index is 12.9. The Morgan fingerprint density at radius 3 is 2.50 bits per heavy atom. The van der Waals surface area contributed by atoms with Crippen LogP contribution in [0.4, 0.5) is 11.4 Å². The van der Waals surface area contributed by atoms with Crippen molar-refractivity contribution in [3.05, 3.63) is 53.1 Å². The molecule has 1 heterocycles. The van der Waals surface area contributed by atoms with Gasteiger partial charge in [-0.25, -0.2) is 0 Å². The van der Waals surface area contributed by atoms with Gasteiger partial charge in [-0.15, -0.1) is 0 Å². The van der Waals surface area contributed by atoms with E-state index in [1.165, 1.54) is 0 Å². The highest BCUT2D eigenvalue weighted by Gasteiger charge is 2.21. The molecule has 1 aliphatic heterocycles. The molecule has 7 heteroatoms. The van der Waals surface area contributed by atoms with Gasteiger partial charge in [0.1, 0.15) is 5.75 Å². The van der Waals surface area contributed by atoms with Crippen molar-refractivity contribution in [1.82, 2.24) is 5.32 Å². The van der Waals surface area contributed by atoms with Crippen LogP contribution in [0.1, 0.15) is 43.5 Å². The van der Waals surface area contributed by atoms with Crippen LogP contribution in [0.3, 0.4) is 0 Å². The highest BCUT2D eigenvalue weighted by molar-refractivity contribution is 6.30. The number of hydrogen-bond acceptors (Lipinski definition) is 4. The van der Waals surface area contributed by atoms with Crippen LogP contribution < -0.4 is 20.3 Å². The SMILES string of the molecule is CCC(C)NC(=O)c1cc(NC(=O)COc2ccc(Cl)cc2)ccc1N1CCCC1. The number of halogens is 1. The number of rotatable bonds is 8. The Balaban J connectivity index is 1.70. The van der Waals surface area contributed by atoms with Gasteiger partial charge in [-0.05, 0) is 68.7 Å². The molecular weight excluding hydrogens is 402 g/mol. The van der Waals surface area contributed by atoms with Crippen LogP contribution in [-0.2, 0) is 4.79 Å². The van der Waals surface area contributed by atoms with E-state index in [-0.39, 0.29) is 24.5 Å². The average Bonchev–Trinajstić information content (AvgIpc) is 3.28. The summed E-state index contributed by atoms with van der Waals surface area (Å²) in [5, 5.41) is 6.45. The van der Waals surface area contributed by atoms with Crippen LogP contribution in [0.25, 0.3) is 0 Å². The topological polar surface area (TPSA) is 70.7 Å². The van der Waals surface area contributed by atoms with Crippen molar-refractivity contribution in [2.75, 3.05) is 29.9 Å². The van der Waals surface area contributed by atoms with Crippen molar-refractivity contribution in [1.29, 1.82) is 0 Å². The Morgan fingerprint density at radius 2 is 1.83 bits per heavy atom. The fourth-order valence-corrected chi connectivity index (χ4v) is 3.44. The molecule has 3 rings (SSSR count). The molecule has 0 aliphatic carbocycles. The summed E-state index contributed by atoms with van der Waals surface area (Å²) in [5.74, 6) is 0.138. The molecule has 1 aliphatic rings. The minimum Gasteiger partial charge on any atom is -0.484 e. The summed E-state index contributed by atoms with van der Waals surface area (Å²) in [4.78, 5) is 27.4. The number of nitrogens with zero attached hydrogens (tertiary/aromatic N) is 1. The number of amides is 2. The van der Waals surface area contributed by atoms with Gasteiger partial charge in [-0.3, -0.25) is 9.59 Å². The van der Waals surface area contributed by atoms with Crippen molar-refractivity contribution in [3.8, 4) is 5.75 Å². The van der Waals surface area contributed by atoms with Gasteiger partial charge >= 0.3 is 0 Å². The third-order valence-electron chi connectivity index (χ3n) is 5.15. The highest BCUT2D eigenvalue weighted by Crippen LogP contribution is 2.28. The minimum atomic E-state index is -0.299. The van der Waals surface area contributed by atoms with Crippen molar-refractivity contribution in [2.45, 2.75) is 39.2 Å². The van der Waals surface area contributed by atoms with E-state index >= 15 is 0 Å². The molecule has 30 heavy (non-hydrogen) atoms. The minimum absolute atomic E-state index is 0.0787. The molecule has 2 aromatic rings. The van der Waals surface area contributed by atoms with Gasteiger partial charge in [-0.1, -0.05) is 18.5 Å². The van der Waals surface area contributed by atoms with E-state index < -0.39 is 0 Å². The number of ether oxygens (including phenoxy) is 1. The van der Waals surface area contributed by atoms with Gasteiger partial charge in [-0.2, -0.15) is 0 Å². The third-order valence-corrected chi connectivity index (χ3v) is 5.40. The molecule has 1 saturated heterocycles. The quantitative estimate of drug-likeness (QED) is 0.648. The van der Waals surface area contributed by atoms with Crippen LogP contribution in [0, 0.1) is 0 Å². The van der Waals surface area contributed by atoms with Gasteiger partial charge in [0, 0.05) is 35.5 Å². The van der Waals surface area contributed by atoms with Crippen LogP contribution in [0.15, 0.2) is 42.5 Å². The van der Waals surface area contributed by atoms with Crippen molar-refractivity contribution in [3.63, 3.8) is 0 Å². The molecule has 2 aromatic carbocycles. The molecule has 160 valence electrons. The first-order valence-corrected chi connectivity index (χ1v) is 10.7. The number of benzene rings is 2. The monoisotopic (exact) mass is 429 g/mol. The van der Waals surface area contributed by atoms with Gasteiger partial charge in [0.25, 0.3) is 11.8 Å². The summed E-state index contributed by atoms with van der Waals surface area (Å²) in [5.41, 5.74) is 2.05. The Hall–Kier alpha value is -2.73. The Labute approximate surface area is 182 Å². The molecule has 0 aromatic heterocycles. The smallest absolute Gasteiger partial charge is 0.262 e. The maximum Gasteiger partial charge on any atom is 0.262 e. The van der Waals surface area contributed by atoms with E-state index in [9.17, 15) is 9.59 Å². The molecule has 1 unspecified atom stereocenters. The highest BCUT2D eigenvalue weighted by atomic mass is 35.5. The number of hydrogen-bond donors (Lipinski definition) is 2. The van der Waals surface area contributed by atoms with Crippen LogP contribution in [-0.4, -0.2) is 37.6 Å². The molecule has 1 fully saturated rings. The molecular formula is C23H28ClN3O3. The summed E-state index contributed by atoms with van der Waals surface area (Å²) in [6.07, 6.45) is 3.09. The van der Waals surface area contributed by atoms with E-state index in [1.54, 1.807) is 30.3 Å². The van der Waals surface area contributed by atoms with Gasteiger partial charge < -0.3 is 20.3 Å². The third kappa shape index (κ3) is 5.89. The number of nitrogens with one attached hydrogen (secondary N) is 2. The first kappa shape index (κ1) is 22.0. The molecule has 1 atom stereocenters. The molecule has 0 saturated carbocycles. The van der Waals surface area contributed by atoms with Crippen LogP contribution in [0.5, 0.6) is 5.75 Å². The summed E-state index contributed by atoms with van der Waals surface area (Å²) >= 11 is 5.85. The molecule has 0 radical (unpaired) electrons. The summed E-state index contributed by atoms with van der Waals surface area (Å²) < 4.78 is 5.49. The fraction of sp³-hybridized carbons (Fsp3) is 0.391. The zero-order chi connectivity index (χ0) is 21.5. The molecule has 2 amide bonds. The van der Waals surface area contributed by atoms with Crippen LogP contribution >= 0.6 is 11.6 Å². The van der Waals surface area contributed by atoms with Gasteiger partial charge in [0.2, 0.25) is 0 Å². The van der Waals surface area contributed by atoms with Crippen molar-refractivity contribution >= 4 is 34.8 Å². The van der Waals surface area contributed by atoms with Crippen molar-refractivity contribution < 1.29 is 14.3 Å². The van der Waals surface area contributed by atoms with E-state index in [4.69, 9.17) is 16.3 Å². The molecule has 2 N–H and O–H groups in total. The lowest BCUT2D eigenvalue weighted by molar-refractivity contribution is -0.118. The summed E-state index contributed by atoms with van der Waals surface area (Å²) in [7, 11) is 0. The van der Waals surface area contributed by atoms with Crippen LogP contribution in [0.2, 0.25) is 5.02 Å². The average molecular weight is 430 g/mol. The predicted octanol–water partition coefficient (Wildman–Crippen LogP) is 4.49. The number of carbonyl (C=O) groups is 2. The lowest BCUT2D eigenvalue weighted by atomic mass is 10.1. The molecule has 6 nitrogen and oxygen atoms in total. The maximum atomic E-state index is 12.9. The molecule has 0 bridgehead atoms. The van der Waals surface area contributed by atoms with E-state index in [2.05, 4.69) is 15.5 Å².